The Morgan fingerprint density at radius 1 is 1.33 bits per heavy atom. The maximum absolute atomic E-state index is 12.2. The zero-order valence-electron chi connectivity index (χ0n) is 10.7. The highest BCUT2D eigenvalue weighted by molar-refractivity contribution is 7.88. The lowest BCUT2D eigenvalue weighted by Gasteiger charge is -2.16. The van der Waals surface area contributed by atoms with Crippen molar-refractivity contribution >= 4 is 15.7 Å². The van der Waals surface area contributed by atoms with Crippen molar-refractivity contribution in [2.75, 3.05) is 18.8 Å². The minimum atomic E-state index is -3.18. The third-order valence-corrected chi connectivity index (χ3v) is 5.36. The van der Waals surface area contributed by atoms with E-state index in [-0.39, 0.29) is 5.75 Å². The highest BCUT2D eigenvalue weighted by atomic mass is 32.2. The summed E-state index contributed by atoms with van der Waals surface area (Å²) >= 11 is 0. The van der Waals surface area contributed by atoms with Crippen molar-refractivity contribution in [1.82, 2.24) is 4.31 Å². The molecule has 1 fully saturated rings. The van der Waals surface area contributed by atoms with E-state index in [1.54, 1.807) is 28.6 Å². The van der Waals surface area contributed by atoms with Gasteiger partial charge in [-0.1, -0.05) is 25.5 Å². The molecule has 0 aliphatic carbocycles. The second kappa shape index (κ2) is 5.28. The van der Waals surface area contributed by atoms with E-state index in [2.05, 4.69) is 6.92 Å². The molecule has 0 spiro atoms. The first-order valence-electron chi connectivity index (χ1n) is 6.33. The van der Waals surface area contributed by atoms with Crippen LogP contribution < -0.4 is 5.73 Å². The molecule has 18 heavy (non-hydrogen) atoms. The van der Waals surface area contributed by atoms with Gasteiger partial charge >= 0.3 is 0 Å². The van der Waals surface area contributed by atoms with E-state index in [1.165, 1.54) is 0 Å². The highest BCUT2D eigenvalue weighted by Crippen LogP contribution is 2.23. The van der Waals surface area contributed by atoms with Gasteiger partial charge in [-0.3, -0.25) is 0 Å². The summed E-state index contributed by atoms with van der Waals surface area (Å²) in [6.45, 7) is 3.45. The third kappa shape index (κ3) is 3.03. The van der Waals surface area contributed by atoms with Gasteiger partial charge in [0.05, 0.1) is 5.75 Å². The first-order chi connectivity index (χ1) is 8.51. The van der Waals surface area contributed by atoms with E-state index in [9.17, 15) is 8.42 Å². The topological polar surface area (TPSA) is 63.4 Å². The fourth-order valence-electron chi connectivity index (χ4n) is 2.30. The molecule has 1 unspecified atom stereocenters. The number of sulfonamides is 1. The molecule has 0 aromatic heterocycles. The number of nitrogens with two attached hydrogens (primary N) is 1. The molecule has 100 valence electrons. The van der Waals surface area contributed by atoms with E-state index in [0.29, 0.717) is 24.7 Å². The fourth-order valence-corrected chi connectivity index (χ4v) is 3.92. The van der Waals surface area contributed by atoms with Crippen LogP contribution in [0.25, 0.3) is 0 Å². The average Bonchev–Trinajstić information content (AvgIpc) is 2.81. The van der Waals surface area contributed by atoms with E-state index < -0.39 is 10.0 Å². The van der Waals surface area contributed by atoms with Gasteiger partial charge in [-0.05, 0) is 30.0 Å². The SMILES string of the molecule is CCC1CCN(S(=O)(=O)Cc2ccc(N)cc2)C1. The molecule has 0 saturated carbocycles. The van der Waals surface area contributed by atoms with Gasteiger partial charge in [-0.2, -0.15) is 0 Å². The van der Waals surface area contributed by atoms with Crippen LogP contribution in [0, 0.1) is 5.92 Å². The van der Waals surface area contributed by atoms with Crippen LogP contribution in [-0.2, 0) is 15.8 Å². The lowest BCUT2D eigenvalue weighted by atomic mass is 10.1. The molecule has 0 bridgehead atoms. The number of hydrogen-bond acceptors (Lipinski definition) is 3. The molecule has 0 amide bonds. The van der Waals surface area contributed by atoms with Crippen molar-refractivity contribution in [1.29, 1.82) is 0 Å². The Morgan fingerprint density at radius 3 is 2.56 bits per heavy atom. The minimum Gasteiger partial charge on any atom is -0.399 e. The van der Waals surface area contributed by atoms with Crippen LogP contribution in [0.2, 0.25) is 0 Å². The Morgan fingerprint density at radius 2 is 2.00 bits per heavy atom. The standard InChI is InChI=1S/C13H20N2O2S/c1-2-11-7-8-15(9-11)18(16,17)10-12-3-5-13(14)6-4-12/h3-6,11H,2,7-10,14H2,1H3. The second-order valence-electron chi connectivity index (χ2n) is 4.92. The van der Waals surface area contributed by atoms with Crippen LogP contribution in [0.15, 0.2) is 24.3 Å². The van der Waals surface area contributed by atoms with Gasteiger partial charge in [0.25, 0.3) is 0 Å². The van der Waals surface area contributed by atoms with Crippen LogP contribution in [0.4, 0.5) is 5.69 Å². The van der Waals surface area contributed by atoms with E-state index >= 15 is 0 Å². The fraction of sp³-hybridized carbons (Fsp3) is 0.538. The van der Waals surface area contributed by atoms with Gasteiger partial charge in [0.1, 0.15) is 0 Å². The first-order valence-corrected chi connectivity index (χ1v) is 7.94. The molecule has 2 rings (SSSR count). The number of nitrogens with zero attached hydrogens (tertiary/aromatic N) is 1. The third-order valence-electron chi connectivity index (χ3n) is 3.55. The Labute approximate surface area is 109 Å². The summed E-state index contributed by atoms with van der Waals surface area (Å²) < 4.78 is 26.1. The van der Waals surface area contributed by atoms with Gasteiger partial charge in [0, 0.05) is 18.8 Å². The summed E-state index contributed by atoms with van der Waals surface area (Å²) in [6.07, 6.45) is 2.03. The summed E-state index contributed by atoms with van der Waals surface area (Å²) in [6, 6.07) is 7.04. The van der Waals surface area contributed by atoms with Crippen molar-refractivity contribution < 1.29 is 8.42 Å². The van der Waals surface area contributed by atoms with Crippen LogP contribution >= 0.6 is 0 Å². The predicted octanol–water partition coefficient (Wildman–Crippen LogP) is 1.83. The number of benzene rings is 1. The van der Waals surface area contributed by atoms with Crippen molar-refractivity contribution in [3.63, 3.8) is 0 Å². The molecule has 1 aromatic rings. The maximum Gasteiger partial charge on any atom is 0.218 e. The summed E-state index contributed by atoms with van der Waals surface area (Å²) in [5, 5.41) is 0. The number of hydrogen-bond donors (Lipinski definition) is 1. The number of nitrogen functional groups attached to an aromatic ring is 1. The molecule has 0 radical (unpaired) electrons. The lowest BCUT2D eigenvalue weighted by molar-refractivity contribution is 0.452. The Kier molecular flexibility index (Phi) is 3.92. The molecule has 5 heteroatoms. The van der Waals surface area contributed by atoms with Gasteiger partial charge < -0.3 is 5.73 Å². The Bertz CT molecular complexity index is 496. The summed E-state index contributed by atoms with van der Waals surface area (Å²) in [5.41, 5.74) is 7.04. The van der Waals surface area contributed by atoms with Gasteiger partial charge in [0.2, 0.25) is 10.0 Å². The second-order valence-corrected chi connectivity index (χ2v) is 6.89. The molecular weight excluding hydrogens is 248 g/mol. The first kappa shape index (κ1) is 13.4. The van der Waals surface area contributed by atoms with E-state index in [0.717, 1.165) is 18.4 Å². The summed E-state index contributed by atoms with van der Waals surface area (Å²) in [5.74, 6) is 0.593. The molecule has 2 N–H and O–H groups in total. The molecule has 1 atom stereocenters. The van der Waals surface area contributed by atoms with Crippen molar-refractivity contribution in [2.24, 2.45) is 5.92 Å². The molecule has 1 aliphatic heterocycles. The zero-order chi connectivity index (χ0) is 13.2. The predicted molar refractivity (Wildman–Crippen MR) is 73.4 cm³/mol. The van der Waals surface area contributed by atoms with Crippen LogP contribution in [-0.4, -0.2) is 25.8 Å². The highest BCUT2D eigenvalue weighted by Gasteiger charge is 2.30. The van der Waals surface area contributed by atoms with Gasteiger partial charge in [-0.25, -0.2) is 12.7 Å². The van der Waals surface area contributed by atoms with Crippen LogP contribution in [0.3, 0.4) is 0 Å². The number of anilines is 1. The van der Waals surface area contributed by atoms with Crippen molar-refractivity contribution in [3.05, 3.63) is 29.8 Å². The molecular formula is C13H20N2O2S. The normalized spacial score (nSPS) is 21.3. The smallest absolute Gasteiger partial charge is 0.218 e. The lowest BCUT2D eigenvalue weighted by Crippen LogP contribution is -2.30. The summed E-state index contributed by atoms with van der Waals surface area (Å²) in [4.78, 5) is 0. The quantitative estimate of drug-likeness (QED) is 0.847. The van der Waals surface area contributed by atoms with Crippen molar-refractivity contribution in [3.8, 4) is 0 Å². The van der Waals surface area contributed by atoms with Crippen LogP contribution in [0.5, 0.6) is 0 Å². The largest absolute Gasteiger partial charge is 0.399 e. The molecule has 4 nitrogen and oxygen atoms in total. The summed E-state index contributed by atoms with van der Waals surface area (Å²) in [7, 11) is -3.18. The molecule has 1 heterocycles. The zero-order valence-corrected chi connectivity index (χ0v) is 11.5. The molecule has 1 saturated heterocycles. The van der Waals surface area contributed by atoms with E-state index in [4.69, 9.17) is 5.73 Å². The molecule has 1 aromatic carbocycles. The monoisotopic (exact) mass is 268 g/mol. The van der Waals surface area contributed by atoms with Crippen LogP contribution in [0.1, 0.15) is 25.3 Å². The Hall–Kier alpha value is -1.07. The molecule has 1 aliphatic rings. The number of rotatable bonds is 4. The van der Waals surface area contributed by atoms with E-state index in [1.807, 2.05) is 0 Å². The van der Waals surface area contributed by atoms with Gasteiger partial charge in [-0.15, -0.1) is 0 Å². The Balaban J connectivity index is 2.06. The minimum absolute atomic E-state index is 0.0731. The maximum atomic E-state index is 12.2. The average molecular weight is 268 g/mol. The van der Waals surface area contributed by atoms with Crippen molar-refractivity contribution in [2.45, 2.75) is 25.5 Å². The van der Waals surface area contributed by atoms with Gasteiger partial charge in [0.15, 0.2) is 0 Å².